The molecule has 1 aromatic carbocycles. The summed E-state index contributed by atoms with van der Waals surface area (Å²) >= 11 is 0. The van der Waals surface area contributed by atoms with Gasteiger partial charge in [0.05, 0.1) is 11.0 Å². The van der Waals surface area contributed by atoms with E-state index in [-0.39, 0.29) is 11.7 Å². The second-order valence-electron chi connectivity index (χ2n) is 3.96. The molecule has 0 fully saturated rings. The van der Waals surface area contributed by atoms with E-state index < -0.39 is 10.7 Å². The molecule has 0 aliphatic rings. The maximum atomic E-state index is 12.9. The van der Waals surface area contributed by atoms with Crippen molar-refractivity contribution >= 4 is 11.4 Å². The van der Waals surface area contributed by atoms with E-state index in [2.05, 4.69) is 12.2 Å². The van der Waals surface area contributed by atoms with E-state index in [0.717, 1.165) is 25.3 Å². The Kier molecular flexibility index (Phi) is 4.87. The zero-order valence-corrected chi connectivity index (χ0v) is 10.1. The molecule has 0 aromatic heterocycles. The van der Waals surface area contributed by atoms with Crippen molar-refractivity contribution in [1.29, 1.82) is 0 Å². The first-order valence-corrected chi connectivity index (χ1v) is 5.79. The molecule has 0 aliphatic heterocycles. The average Bonchev–Trinajstić information content (AvgIpc) is 2.30. The monoisotopic (exact) mass is 240 g/mol. The minimum Gasteiger partial charge on any atom is -0.377 e. The number of nitrogens with zero attached hydrogens (tertiary/aromatic N) is 1. The molecule has 0 heterocycles. The molecule has 0 saturated heterocycles. The average molecular weight is 240 g/mol. The van der Waals surface area contributed by atoms with Gasteiger partial charge in [-0.3, -0.25) is 10.1 Å². The second kappa shape index (κ2) is 6.18. The van der Waals surface area contributed by atoms with Crippen molar-refractivity contribution in [3.8, 4) is 0 Å². The molecule has 0 amide bonds. The lowest BCUT2D eigenvalue weighted by Crippen LogP contribution is -2.18. The Morgan fingerprint density at radius 3 is 2.71 bits per heavy atom. The summed E-state index contributed by atoms with van der Waals surface area (Å²) in [6, 6.07) is 3.78. The van der Waals surface area contributed by atoms with Gasteiger partial charge < -0.3 is 5.32 Å². The van der Waals surface area contributed by atoms with Crippen LogP contribution in [0, 0.1) is 15.9 Å². The number of halogens is 1. The third kappa shape index (κ3) is 3.69. The molecule has 1 aromatic rings. The van der Waals surface area contributed by atoms with Gasteiger partial charge in [-0.25, -0.2) is 4.39 Å². The van der Waals surface area contributed by atoms with Gasteiger partial charge in [-0.15, -0.1) is 0 Å². The third-order valence-corrected chi connectivity index (χ3v) is 2.65. The fourth-order valence-electron chi connectivity index (χ4n) is 1.72. The van der Waals surface area contributed by atoms with E-state index in [1.165, 1.54) is 12.1 Å². The van der Waals surface area contributed by atoms with Crippen LogP contribution in [0.2, 0.25) is 0 Å². The molecular weight excluding hydrogens is 223 g/mol. The first kappa shape index (κ1) is 13.4. The number of benzene rings is 1. The topological polar surface area (TPSA) is 55.2 Å². The number of hydrogen-bond donors (Lipinski definition) is 1. The molecule has 17 heavy (non-hydrogen) atoms. The quantitative estimate of drug-likeness (QED) is 0.609. The summed E-state index contributed by atoms with van der Waals surface area (Å²) in [5.74, 6) is -0.592. The van der Waals surface area contributed by atoms with Gasteiger partial charge in [0.25, 0.3) is 5.69 Å². The Labute approximate surface area is 100.0 Å². The smallest absolute Gasteiger partial charge is 0.295 e. The van der Waals surface area contributed by atoms with E-state index in [1.807, 2.05) is 6.92 Å². The third-order valence-electron chi connectivity index (χ3n) is 2.65. The van der Waals surface area contributed by atoms with E-state index in [9.17, 15) is 14.5 Å². The van der Waals surface area contributed by atoms with Crippen LogP contribution in [0.4, 0.5) is 15.8 Å². The van der Waals surface area contributed by atoms with Crippen molar-refractivity contribution in [2.24, 2.45) is 0 Å². The molecular formula is C12H17FN2O2. The molecule has 1 unspecified atom stereocenters. The molecule has 0 bridgehead atoms. The molecule has 1 rings (SSSR count). The summed E-state index contributed by atoms with van der Waals surface area (Å²) in [5.41, 5.74) is 0.177. The summed E-state index contributed by atoms with van der Waals surface area (Å²) in [6.07, 6.45) is 2.81. The van der Waals surface area contributed by atoms with Gasteiger partial charge in [0, 0.05) is 6.04 Å². The highest BCUT2D eigenvalue weighted by Gasteiger charge is 2.16. The molecule has 1 atom stereocenters. The Balaban J connectivity index is 2.92. The van der Waals surface area contributed by atoms with E-state index >= 15 is 0 Å². The normalized spacial score (nSPS) is 12.2. The lowest BCUT2D eigenvalue weighted by atomic mass is 10.1. The highest BCUT2D eigenvalue weighted by Crippen LogP contribution is 2.26. The Hall–Kier alpha value is -1.65. The number of anilines is 1. The van der Waals surface area contributed by atoms with Crippen molar-refractivity contribution in [2.75, 3.05) is 5.32 Å². The van der Waals surface area contributed by atoms with Crippen LogP contribution >= 0.6 is 0 Å². The number of nitro groups is 1. The number of hydrogen-bond acceptors (Lipinski definition) is 3. The van der Waals surface area contributed by atoms with Crippen LogP contribution in [0.5, 0.6) is 0 Å². The summed E-state index contributed by atoms with van der Waals surface area (Å²) < 4.78 is 12.9. The van der Waals surface area contributed by atoms with Gasteiger partial charge in [0.15, 0.2) is 0 Å². The largest absolute Gasteiger partial charge is 0.377 e. The minimum absolute atomic E-state index is 0.184. The van der Waals surface area contributed by atoms with E-state index in [1.54, 1.807) is 0 Å². The number of nitro benzene ring substituents is 1. The van der Waals surface area contributed by atoms with Crippen molar-refractivity contribution < 1.29 is 9.31 Å². The van der Waals surface area contributed by atoms with Crippen LogP contribution in [0.25, 0.3) is 0 Å². The standard InChI is InChI=1S/C12H17FN2O2/c1-3-5-10(4-2)14-11-7-6-9(13)8-12(11)15(16)17/h6-8,10,14H,3-5H2,1-2H3. The summed E-state index contributed by atoms with van der Waals surface area (Å²) in [4.78, 5) is 10.2. The van der Waals surface area contributed by atoms with Crippen LogP contribution in [-0.4, -0.2) is 11.0 Å². The molecule has 5 heteroatoms. The predicted octanol–water partition coefficient (Wildman–Crippen LogP) is 3.72. The van der Waals surface area contributed by atoms with Crippen LogP contribution < -0.4 is 5.32 Å². The highest BCUT2D eigenvalue weighted by molar-refractivity contribution is 5.61. The number of nitrogens with one attached hydrogen (secondary N) is 1. The first-order valence-electron chi connectivity index (χ1n) is 5.79. The van der Waals surface area contributed by atoms with E-state index in [4.69, 9.17) is 0 Å². The fourth-order valence-corrected chi connectivity index (χ4v) is 1.72. The zero-order chi connectivity index (χ0) is 12.8. The van der Waals surface area contributed by atoms with Gasteiger partial charge in [-0.05, 0) is 25.0 Å². The first-order chi connectivity index (χ1) is 8.08. The van der Waals surface area contributed by atoms with Crippen LogP contribution in [0.15, 0.2) is 18.2 Å². The Morgan fingerprint density at radius 1 is 1.47 bits per heavy atom. The summed E-state index contributed by atoms with van der Waals surface area (Å²) in [6.45, 7) is 4.08. The molecule has 0 saturated carbocycles. The minimum atomic E-state index is -0.592. The maximum absolute atomic E-state index is 12.9. The molecule has 0 spiro atoms. The lowest BCUT2D eigenvalue weighted by molar-refractivity contribution is -0.384. The number of rotatable bonds is 6. The van der Waals surface area contributed by atoms with Gasteiger partial charge in [0.1, 0.15) is 11.5 Å². The summed E-state index contributed by atoms with van der Waals surface area (Å²) in [5, 5.41) is 13.9. The maximum Gasteiger partial charge on any atom is 0.295 e. The Bertz CT molecular complexity index is 396. The van der Waals surface area contributed by atoms with Crippen LogP contribution in [0.3, 0.4) is 0 Å². The lowest BCUT2D eigenvalue weighted by Gasteiger charge is -2.17. The van der Waals surface area contributed by atoms with Crippen molar-refractivity contribution in [1.82, 2.24) is 0 Å². The van der Waals surface area contributed by atoms with E-state index in [0.29, 0.717) is 5.69 Å². The fraction of sp³-hybridized carbons (Fsp3) is 0.500. The summed E-state index contributed by atoms with van der Waals surface area (Å²) in [7, 11) is 0. The van der Waals surface area contributed by atoms with Crippen LogP contribution in [0.1, 0.15) is 33.1 Å². The predicted molar refractivity (Wildman–Crippen MR) is 65.7 cm³/mol. The molecule has 0 radical (unpaired) electrons. The molecule has 1 N–H and O–H groups in total. The van der Waals surface area contributed by atoms with Crippen LogP contribution in [-0.2, 0) is 0 Å². The van der Waals surface area contributed by atoms with Crippen molar-refractivity contribution in [2.45, 2.75) is 39.2 Å². The highest BCUT2D eigenvalue weighted by atomic mass is 19.1. The Morgan fingerprint density at radius 2 is 2.18 bits per heavy atom. The zero-order valence-electron chi connectivity index (χ0n) is 10.1. The van der Waals surface area contributed by atoms with Crippen molar-refractivity contribution in [3.05, 3.63) is 34.1 Å². The molecule has 4 nitrogen and oxygen atoms in total. The van der Waals surface area contributed by atoms with Gasteiger partial charge in [-0.1, -0.05) is 20.3 Å². The molecule has 0 aliphatic carbocycles. The van der Waals surface area contributed by atoms with Gasteiger partial charge in [-0.2, -0.15) is 0 Å². The van der Waals surface area contributed by atoms with Crippen molar-refractivity contribution in [3.63, 3.8) is 0 Å². The SMILES string of the molecule is CCCC(CC)Nc1ccc(F)cc1[N+](=O)[O-]. The van der Waals surface area contributed by atoms with Gasteiger partial charge in [0.2, 0.25) is 0 Å². The second-order valence-corrected chi connectivity index (χ2v) is 3.96. The molecule has 94 valence electrons. The van der Waals surface area contributed by atoms with Gasteiger partial charge >= 0.3 is 0 Å².